The lowest BCUT2D eigenvalue weighted by Crippen LogP contribution is -2.42. The molecule has 0 aliphatic carbocycles. The number of pyridine rings is 1. The van der Waals surface area contributed by atoms with Gasteiger partial charge >= 0.3 is 0 Å². The number of aromatic nitrogens is 7. The first-order valence-corrected chi connectivity index (χ1v) is 12.5. The van der Waals surface area contributed by atoms with Gasteiger partial charge in [0.15, 0.2) is 11.5 Å². The largest absolute Gasteiger partial charge is 0.368 e. The summed E-state index contributed by atoms with van der Waals surface area (Å²) in [6, 6.07) is 9.84. The molecule has 0 spiro atoms. The van der Waals surface area contributed by atoms with Gasteiger partial charge in [-0.3, -0.25) is 4.98 Å². The molecular formula is C25H19FN10S. The van der Waals surface area contributed by atoms with Gasteiger partial charge in [-0.15, -0.1) is 15.3 Å². The molecule has 182 valence electrons. The van der Waals surface area contributed by atoms with E-state index in [9.17, 15) is 10.5 Å². The Kier molecular flexibility index (Phi) is 5.39. The summed E-state index contributed by atoms with van der Waals surface area (Å²) in [7, 11) is 1.74. The molecule has 6 rings (SSSR count). The number of thiophene rings is 1. The third kappa shape index (κ3) is 3.70. The number of nitriles is 2. The fraction of sp³-hybridized carbons (Fsp3) is 0.240. The molecule has 0 amide bonds. The molecule has 1 saturated heterocycles. The van der Waals surface area contributed by atoms with Crippen LogP contribution in [0.4, 0.5) is 10.1 Å². The second kappa shape index (κ2) is 8.76. The highest BCUT2D eigenvalue weighted by Gasteiger charge is 2.41. The Bertz CT molecular complexity index is 1710. The zero-order chi connectivity index (χ0) is 25.6. The van der Waals surface area contributed by atoms with Crippen molar-refractivity contribution in [3.63, 3.8) is 0 Å². The standard InChI is InChI=1S/C25H19FN10S/c1-34-15-30-32-24(34)25(26)5-8-35(9-6-25)23-16(10-27)4-7-29-22(23)18-12-31-36-21(18)3-2-20(33-36)19-14-37-13-17(19)11-28/h2-4,7,12-15H,5-6,8-9H2,1H3. The number of rotatable bonds is 4. The van der Waals surface area contributed by atoms with Gasteiger partial charge in [0.25, 0.3) is 0 Å². The molecule has 1 aliphatic heterocycles. The topological polar surface area (TPSA) is 125 Å². The molecule has 6 heterocycles. The minimum Gasteiger partial charge on any atom is -0.368 e. The second-order valence-electron chi connectivity index (χ2n) is 8.85. The zero-order valence-electron chi connectivity index (χ0n) is 19.7. The Morgan fingerprint density at radius 3 is 2.59 bits per heavy atom. The van der Waals surface area contributed by atoms with E-state index in [-0.39, 0.29) is 12.8 Å². The van der Waals surface area contributed by atoms with Crippen LogP contribution in [0.25, 0.3) is 28.0 Å². The van der Waals surface area contributed by atoms with Gasteiger partial charge in [0.2, 0.25) is 0 Å². The molecule has 0 atom stereocenters. The number of nitrogens with zero attached hydrogens (tertiary/aromatic N) is 10. The van der Waals surface area contributed by atoms with Crippen LogP contribution in [0.5, 0.6) is 0 Å². The maximum atomic E-state index is 15.8. The molecule has 0 bridgehead atoms. The summed E-state index contributed by atoms with van der Waals surface area (Å²) in [6.45, 7) is 0.765. The molecule has 1 fully saturated rings. The number of aryl methyl sites for hydroxylation is 1. The highest BCUT2D eigenvalue weighted by Crippen LogP contribution is 2.41. The summed E-state index contributed by atoms with van der Waals surface area (Å²) in [4.78, 5) is 6.62. The van der Waals surface area contributed by atoms with Gasteiger partial charge in [-0.1, -0.05) is 0 Å². The van der Waals surface area contributed by atoms with Crippen molar-refractivity contribution in [3.05, 3.63) is 64.6 Å². The number of halogens is 1. The summed E-state index contributed by atoms with van der Waals surface area (Å²) in [5, 5.41) is 39.8. The number of piperidine rings is 1. The van der Waals surface area contributed by atoms with E-state index in [1.165, 1.54) is 22.3 Å². The van der Waals surface area contributed by atoms with E-state index in [1.54, 1.807) is 35.5 Å². The predicted octanol–water partition coefficient (Wildman–Crippen LogP) is 3.86. The van der Waals surface area contributed by atoms with Gasteiger partial charge in [0.05, 0.1) is 45.5 Å². The van der Waals surface area contributed by atoms with Crippen LogP contribution in [0, 0.1) is 22.7 Å². The molecule has 5 aromatic rings. The first kappa shape index (κ1) is 22.8. The molecular weight excluding hydrogens is 491 g/mol. The average Bonchev–Trinajstić information content (AvgIpc) is 3.68. The van der Waals surface area contributed by atoms with Crippen molar-refractivity contribution in [3.8, 4) is 34.7 Å². The Hall–Kier alpha value is -4.68. The van der Waals surface area contributed by atoms with Gasteiger partial charge < -0.3 is 9.47 Å². The van der Waals surface area contributed by atoms with Crippen molar-refractivity contribution in [1.82, 2.24) is 34.6 Å². The average molecular weight is 511 g/mol. The highest BCUT2D eigenvalue weighted by atomic mass is 32.1. The Labute approximate surface area is 214 Å². The van der Waals surface area contributed by atoms with Crippen molar-refractivity contribution >= 4 is 22.5 Å². The smallest absolute Gasteiger partial charge is 0.173 e. The molecule has 1 aliphatic rings. The monoisotopic (exact) mass is 510 g/mol. The van der Waals surface area contributed by atoms with Crippen molar-refractivity contribution in [2.24, 2.45) is 7.05 Å². The molecule has 37 heavy (non-hydrogen) atoms. The normalized spacial score (nSPS) is 15.0. The van der Waals surface area contributed by atoms with Crippen LogP contribution in [-0.4, -0.2) is 47.7 Å². The predicted molar refractivity (Wildman–Crippen MR) is 134 cm³/mol. The van der Waals surface area contributed by atoms with Crippen LogP contribution in [-0.2, 0) is 12.7 Å². The third-order valence-electron chi connectivity index (χ3n) is 6.73. The second-order valence-corrected chi connectivity index (χ2v) is 9.59. The van der Waals surface area contributed by atoms with Gasteiger partial charge in [0.1, 0.15) is 18.5 Å². The van der Waals surface area contributed by atoms with Crippen LogP contribution >= 0.6 is 11.3 Å². The maximum Gasteiger partial charge on any atom is 0.173 e. The van der Waals surface area contributed by atoms with E-state index < -0.39 is 5.67 Å². The third-order valence-corrected chi connectivity index (χ3v) is 7.48. The van der Waals surface area contributed by atoms with E-state index in [0.717, 1.165) is 5.56 Å². The SMILES string of the molecule is Cn1cnnc1C1(F)CCN(c2c(C#N)ccnc2-c2cnn3nc(-c4cscc4C#N)ccc23)CC1. The molecule has 0 unspecified atom stereocenters. The van der Waals surface area contributed by atoms with Gasteiger partial charge in [-0.05, 0) is 18.2 Å². The van der Waals surface area contributed by atoms with Crippen LogP contribution in [0.15, 0.2) is 47.7 Å². The summed E-state index contributed by atoms with van der Waals surface area (Å²) in [5.41, 5.74) is 3.46. The molecule has 12 heteroatoms. The summed E-state index contributed by atoms with van der Waals surface area (Å²) >= 11 is 1.44. The zero-order valence-corrected chi connectivity index (χ0v) is 20.5. The molecule has 0 radical (unpaired) electrons. The number of hydrogen-bond acceptors (Lipinski definition) is 9. The number of alkyl halides is 1. The quantitative estimate of drug-likeness (QED) is 0.357. The number of hydrogen-bond donors (Lipinski definition) is 0. The van der Waals surface area contributed by atoms with E-state index in [2.05, 4.69) is 37.5 Å². The molecule has 5 aromatic heterocycles. The lowest BCUT2D eigenvalue weighted by Gasteiger charge is -2.37. The maximum absolute atomic E-state index is 15.8. The molecule has 0 aromatic carbocycles. The van der Waals surface area contributed by atoms with E-state index in [0.29, 0.717) is 58.2 Å². The number of anilines is 1. The van der Waals surface area contributed by atoms with E-state index in [1.807, 2.05) is 22.4 Å². The molecule has 10 nitrogen and oxygen atoms in total. The van der Waals surface area contributed by atoms with Crippen molar-refractivity contribution in [2.75, 3.05) is 18.0 Å². The lowest BCUT2D eigenvalue weighted by atomic mass is 9.91. The highest BCUT2D eigenvalue weighted by molar-refractivity contribution is 7.08. The van der Waals surface area contributed by atoms with Crippen molar-refractivity contribution < 1.29 is 4.39 Å². The fourth-order valence-corrected chi connectivity index (χ4v) is 5.61. The minimum atomic E-state index is -1.59. The van der Waals surface area contributed by atoms with Gasteiger partial charge in [0, 0.05) is 55.5 Å². The Morgan fingerprint density at radius 1 is 1.05 bits per heavy atom. The molecule has 0 saturated carbocycles. The minimum absolute atomic E-state index is 0.209. The van der Waals surface area contributed by atoms with E-state index >= 15 is 4.39 Å². The first-order chi connectivity index (χ1) is 18.0. The van der Waals surface area contributed by atoms with Gasteiger partial charge in [-0.25, -0.2) is 4.39 Å². The fourth-order valence-electron chi connectivity index (χ4n) is 4.84. The summed E-state index contributed by atoms with van der Waals surface area (Å²) < 4.78 is 18.9. The number of fused-ring (bicyclic) bond motifs is 1. The van der Waals surface area contributed by atoms with Crippen LogP contribution in [0.2, 0.25) is 0 Å². The van der Waals surface area contributed by atoms with Crippen LogP contribution in [0.1, 0.15) is 29.8 Å². The lowest BCUT2D eigenvalue weighted by molar-refractivity contribution is 0.109. The van der Waals surface area contributed by atoms with E-state index in [4.69, 9.17) is 0 Å². The molecule has 0 N–H and O–H groups in total. The first-order valence-electron chi connectivity index (χ1n) is 11.5. The van der Waals surface area contributed by atoms with Crippen LogP contribution in [0.3, 0.4) is 0 Å². The Balaban J connectivity index is 1.38. The summed E-state index contributed by atoms with van der Waals surface area (Å²) in [5.74, 6) is 0.314. The van der Waals surface area contributed by atoms with Gasteiger partial charge in [-0.2, -0.15) is 31.6 Å². The Morgan fingerprint density at radius 2 is 1.86 bits per heavy atom. The summed E-state index contributed by atoms with van der Waals surface area (Å²) in [6.07, 6.45) is 5.18. The van der Waals surface area contributed by atoms with Crippen molar-refractivity contribution in [1.29, 1.82) is 10.5 Å². The van der Waals surface area contributed by atoms with Crippen molar-refractivity contribution in [2.45, 2.75) is 18.5 Å². The van der Waals surface area contributed by atoms with Crippen LogP contribution < -0.4 is 4.90 Å².